The van der Waals surface area contributed by atoms with Gasteiger partial charge in [-0.3, -0.25) is 4.79 Å². The molecule has 2 nitrogen and oxygen atoms in total. The van der Waals surface area contributed by atoms with Gasteiger partial charge in [0.1, 0.15) is 0 Å². The van der Waals surface area contributed by atoms with Gasteiger partial charge >= 0.3 is 0 Å². The highest BCUT2D eigenvalue weighted by atomic mass is 16.1. The van der Waals surface area contributed by atoms with Crippen molar-refractivity contribution in [1.82, 2.24) is 5.32 Å². The Kier molecular flexibility index (Phi) is 4.73. The number of carbonyl (C=O) groups is 1. The Bertz CT molecular complexity index is 396. The van der Waals surface area contributed by atoms with Crippen molar-refractivity contribution in [1.29, 1.82) is 0 Å². The van der Waals surface area contributed by atoms with Gasteiger partial charge in [-0.25, -0.2) is 0 Å². The lowest BCUT2D eigenvalue weighted by Crippen LogP contribution is -2.37. The van der Waals surface area contributed by atoms with Crippen molar-refractivity contribution >= 4 is 5.91 Å². The van der Waals surface area contributed by atoms with Crippen LogP contribution in [0, 0.1) is 19.8 Å². The van der Waals surface area contributed by atoms with Crippen LogP contribution in [-0.2, 0) is 11.2 Å². The van der Waals surface area contributed by atoms with E-state index in [-0.39, 0.29) is 11.9 Å². The summed E-state index contributed by atoms with van der Waals surface area (Å²) in [5.74, 6) is 0.581. The number of benzene rings is 1. The third-order valence-corrected chi connectivity index (χ3v) is 3.24. The molecule has 0 aliphatic carbocycles. The first-order valence-corrected chi connectivity index (χ1v) is 6.25. The first-order chi connectivity index (χ1) is 7.90. The molecule has 1 unspecified atom stereocenters. The zero-order chi connectivity index (χ0) is 13.0. The molecule has 1 amide bonds. The highest BCUT2D eigenvalue weighted by Gasteiger charge is 2.12. The van der Waals surface area contributed by atoms with Gasteiger partial charge in [-0.1, -0.05) is 37.6 Å². The third kappa shape index (κ3) is 4.22. The molecule has 1 N–H and O–H groups in total. The predicted octanol–water partition coefficient (Wildman–Crippen LogP) is 3.01. The summed E-state index contributed by atoms with van der Waals surface area (Å²) in [7, 11) is 0. The second-order valence-corrected chi connectivity index (χ2v) is 5.21. The Labute approximate surface area is 104 Å². The first kappa shape index (κ1) is 13.8. The van der Waals surface area contributed by atoms with Crippen LogP contribution in [0.5, 0.6) is 0 Å². The molecule has 0 radical (unpaired) electrons. The van der Waals surface area contributed by atoms with E-state index in [9.17, 15) is 4.79 Å². The quantitative estimate of drug-likeness (QED) is 0.851. The fraction of sp³-hybridized carbons (Fsp3) is 0.533. The van der Waals surface area contributed by atoms with Crippen LogP contribution in [0.2, 0.25) is 0 Å². The average molecular weight is 233 g/mol. The molecule has 1 aromatic rings. The van der Waals surface area contributed by atoms with E-state index in [1.165, 1.54) is 11.1 Å². The monoisotopic (exact) mass is 233 g/mol. The number of amides is 1. The summed E-state index contributed by atoms with van der Waals surface area (Å²) in [4.78, 5) is 11.9. The maximum atomic E-state index is 11.9. The maximum Gasteiger partial charge on any atom is 0.224 e. The SMILES string of the molecule is Cc1ccc(C)c(CC(=O)NC(C)C(C)C)c1. The van der Waals surface area contributed by atoms with Gasteiger partial charge in [-0.2, -0.15) is 0 Å². The number of carbonyl (C=O) groups excluding carboxylic acids is 1. The normalized spacial score (nSPS) is 12.6. The van der Waals surface area contributed by atoms with Crippen molar-refractivity contribution in [3.8, 4) is 0 Å². The Morgan fingerprint density at radius 2 is 1.88 bits per heavy atom. The molecule has 1 atom stereocenters. The van der Waals surface area contributed by atoms with Crippen LogP contribution in [0.3, 0.4) is 0 Å². The minimum atomic E-state index is 0.111. The van der Waals surface area contributed by atoms with Gasteiger partial charge in [0.05, 0.1) is 6.42 Å². The van der Waals surface area contributed by atoms with Crippen LogP contribution in [0.15, 0.2) is 18.2 Å². The van der Waals surface area contributed by atoms with Gasteiger partial charge in [0, 0.05) is 6.04 Å². The van der Waals surface area contributed by atoms with Crippen LogP contribution < -0.4 is 5.32 Å². The summed E-state index contributed by atoms with van der Waals surface area (Å²) in [6.07, 6.45) is 0.477. The molecule has 1 rings (SSSR count). The number of aryl methyl sites for hydroxylation is 2. The summed E-state index contributed by atoms with van der Waals surface area (Å²) in [6, 6.07) is 6.47. The van der Waals surface area contributed by atoms with Crippen molar-refractivity contribution < 1.29 is 4.79 Å². The van der Waals surface area contributed by atoms with E-state index >= 15 is 0 Å². The minimum absolute atomic E-state index is 0.111. The summed E-state index contributed by atoms with van der Waals surface area (Å²) in [5.41, 5.74) is 3.51. The molecule has 0 aliphatic rings. The molecule has 0 spiro atoms. The van der Waals surface area contributed by atoms with Crippen molar-refractivity contribution in [3.63, 3.8) is 0 Å². The maximum absolute atomic E-state index is 11.9. The largest absolute Gasteiger partial charge is 0.353 e. The summed E-state index contributed by atoms with van der Waals surface area (Å²) in [6.45, 7) is 10.4. The molecule has 17 heavy (non-hydrogen) atoms. The van der Waals surface area contributed by atoms with Gasteiger partial charge < -0.3 is 5.32 Å². The van der Waals surface area contributed by atoms with Gasteiger partial charge in [0.2, 0.25) is 5.91 Å². The molecule has 0 fully saturated rings. The average Bonchev–Trinajstić information content (AvgIpc) is 2.23. The predicted molar refractivity (Wildman–Crippen MR) is 72.1 cm³/mol. The van der Waals surface area contributed by atoms with Crippen molar-refractivity contribution in [2.24, 2.45) is 5.92 Å². The topological polar surface area (TPSA) is 29.1 Å². The molecule has 2 heteroatoms. The molecule has 0 bridgehead atoms. The van der Waals surface area contributed by atoms with Crippen LogP contribution in [-0.4, -0.2) is 11.9 Å². The van der Waals surface area contributed by atoms with Gasteiger partial charge in [0.25, 0.3) is 0 Å². The third-order valence-electron chi connectivity index (χ3n) is 3.24. The van der Waals surface area contributed by atoms with Gasteiger partial charge in [-0.05, 0) is 37.8 Å². The number of hydrogen-bond donors (Lipinski definition) is 1. The zero-order valence-electron chi connectivity index (χ0n) is 11.5. The van der Waals surface area contributed by atoms with Gasteiger partial charge in [0.15, 0.2) is 0 Å². The highest BCUT2D eigenvalue weighted by molar-refractivity contribution is 5.79. The highest BCUT2D eigenvalue weighted by Crippen LogP contribution is 2.11. The number of rotatable bonds is 4. The zero-order valence-corrected chi connectivity index (χ0v) is 11.5. The van der Waals surface area contributed by atoms with Crippen molar-refractivity contribution in [2.75, 3.05) is 0 Å². The smallest absolute Gasteiger partial charge is 0.224 e. The minimum Gasteiger partial charge on any atom is -0.353 e. The molecule has 0 aromatic heterocycles. The summed E-state index contributed by atoms with van der Waals surface area (Å²) < 4.78 is 0. The Hall–Kier alpha value is -1.31. The molecular weight excluding hydrogens is 210 g/mol. The van der Waals surface area contributed by atoms with E-state index in [1.807, 2.05) is 13.8 Å². The van der Waals surface area contributed by atoms with E-state index in [1.54, 1.807) is 0 Å². The molecule has 0 saturated heterocycles. The Balaban J connectivity index is 2.65. The first-order valence-electron chi connectivity index (χ1n) is 6.25. The van der Waals surface area contributed by atoms with E-state index in [4.69, 9.17) is 0 Å². The lowest BCUT2D eigenvalue weighted by atomic mass is 10.0. The second kappa shape index (κ2) is 5.85. The fourth-order valence-corrected chi connectivity index (χ4v) is 1.64. The molecule has 0 aliphatic heterocycles. The van der Waals surface area contributed by atoms with Crippen molar-refractivity contribution in [2.45, 2.75) is 47.1 Å². The van der Waals surface area contributed by atoms with Crippen LogP contribution in [0.1, 0.15) is 37.5 Å². The standard InChI is InChI=1S/C15H23NO/c1-10(2)13(5)16-15(17)9-14-8-11(3)6-7-12(14)4/h6-8,10,13H,9H2,1-5H3,(H,16,17). The van der Waals surface area contributed by atoms with E-state index in [0.717, 1.165) is 5.56 Å². The van der Waals surface area contributed by atoms with Crippen LogP contribution in [0.25, 0.3) is 0 Å². The van der Waals surface area contributed by atoms with Gasteiger partial charge in [-0.15, -0.1) is 0 Å². The lowest BCUT2D eigenvalue weighted by Gasteiger charge is -2.17. The second-order valence-electron chi connectivity index (χ2n) is 5.21. The summed E-state index contributed by atoms with van der Waals surface area (Å²) in [5, 5.41) is 3.04. The lowest BCUT2D eigenvalue weighted by molar-refractivity contribution is -0.121. The Morgan fingerprint density at radius 3 is 2.47 bits per heavy atom. The van der Waals surface area contributed by atoms with Crippen LogP contribution >= 0.6 is 0 Å². The van der Waals surface area contributed by atoms with Crippen LogP contribution in [0.4, 0.5) is 0 Å². The fourth-order valence-electron chi connectivity index (χ4n) is 1.64. The molecule has 0 heterocycles. The van der Waals surface area contributed by atoms with E-state index < -0.39 is 0 Å². The van der Waals surface area contributed by atoms with Crippen molar-refractivity contribution in [3.05, 3.63) is 34.9 Å². The number of hydrogen-bond acceptors (Lipinski definition) is 1. The Morgan fingerprint density at radius 1 is 1.24 bits per heavy atom. The number of nitrogens with one attached hydrogen (secondary N) is 1. The molecule has 94 valence electrons. The van der Waals surface area contributed by atoms with E-state index in [0.29, 0.717) is 12.3 Å². The molecule has 1 aromatic carbocycles. The summed E-state index contributed by atoms with van der Waals surface area (Å²) >= 11 is 0. The molecular formula is C15H23NO. The van der Waals surface area contributed by atoms with E-state index in [2.05, 4.69) is 44.3 Å². The molecule has 0 saturated carbocycles.